The minimum atomic E-state index is 0.178. The van der Waals surface area contributed by atoms with Gasteiger partial charge in [-0.05, 0) is 38.0 Å². The lowest BCUT2D eigenvalue weighted by Gasteiger charge is -2.20. The molecule has 1 aliphatic carbocycles. The van der Waals surface area contributed by atoms with E-state index in [4.69, 9.17) is 0 Å². The molecule has 1 fully saturated rings. The van der Waals surface area contributed by atoms with Crippen molar-refractivity contribution in [3.63, 3.8) is 0 Å². The maximum Gasteiger partial charge on any atom is 0.254 e. The molecule has 1 saturated carbocycles. The molecule has 0 unspecified atom stereocenters. The number of amides is 1. The van der Waals surface area contributed by atoms with Gasteiger partial charge in [-0.3, -0.25) is 4.79 Å². The Balaban J connectivity index is 2.05. The predicted molar refractivity (Wildman–Crippen MR) is 72.7 cm³/mol. The lowest BCUT2D eigenvalue weighted by atomic mass is 10.1. The van der Waals surface area contributed by atoms with Crippen molar-refractivity contribution in [2.45, 2.75) is 25.8 Å². The zero-order chi connectivity index (χ0) is 12.7. The number of carbonyl (C=O) groups excluding carboxylic acids is 1. The first-order chi connectivity index (χ1) is 8.72. The largest absolute Gasteiger partial charge is 0.351 e. The average Bonchev–Trinajstić information content (AvgIpc) is 3.14. The Kier molecular flexibility index (Phi) is 2.62. The van der Waals surface area contributed by atoms with E-state index in [-0.39, 0.29) is 5.91 Å². The van der Waals surface area contributed by atoms with Gasteiger partial charge in [0.25, 0.3) is 5.91 Å². The molecule has 1 aromatic heterocycles. The van der Waals surface area contributed by atoms with Gasteiger partial charge >= 0.3 is 0 Å². The number of carbonyl (C=O) groups is 1. The molecule has 2 aromatic rings. The molecule has 3 heteroatoms. The quantitative estimate of drug-likeness (QED) is 0.812. The highest BCUT2D eigenvalue weighted by molar-refractivity contribution is 6.06. The van der Waals surface area contributed by atoms with Gasteiger partial charge in [0, 0.05) is 42.3 Å². The van der Waals surface area contributed by atoms with Crippen LogP contribution in [0.15, 0.2) is 30.5 Å². The molecule has 1 heterocycles. The number of aryl methyl sites for hydroxylation is 1. The molecule has 3 nitrogen and oxygen atoms in total. The number of hydrogen-bond acceptors (Lipinski definition) is 1. The van der Waals surface area contributed by atoms with E-state index < -0.39 is 0 Å². The molecule has 0 radical (unpaired) electrons. The molecule has 1 amide bonds. The molecule has 1 aliphatic rings. The Bertz CT molecular complexity index is 596. The second-order valence-electron chi connectivity index (χ2n) is 4.99. The summed E-state index contributed by atoms with van der Waals surface area (Å²) in [7, 11) is 2.01. The van der Waals surface area contributed by atoms with Crippen LogP contribution in [0.4, 0.5) is 0 Å². The summed E-state index contributed by atoms with van der Waals surface area (Å²) in [5.74, 6) is 0.178. The summed E-state index contributed by atoms with van der Waals surface area (Å²) < 4.78 is 2.06. The van der Waals surface area contributed by atoms with Gasteiger partial charge in [-0.1, -0.05) is 6.07 Å². The molecule has 0 N–H and O–H groups in total. The monoisotopic (exact) mass is 242 g/mol. The maximum atomic E-state index is 12.6. The lowest BCUT2D eigenvalue weighted by Crippen LogP contribution is -2.32. The Hall–Kier alpha value is -1.77. The van der Waals surface area contributed by atoms with E-state index in [1.54, 1.807) is 0 Å². The smallest absolute Gasteiger partial charge is 0.254 e. The van der Waals surface area contributed by atoms with Crippen molar-refractivity contribution in [1.29, 1.82) is 0 Å². The molecular formula is C15H18N2O. The van der Waals surface area contributed by atoms with Gasteiger partial charge in [0.1, 0.15) is 0 Å². The standard InChI is InChI=1S/C15H18N2O/c1-3-17(11-7-8-11)15(18)13-5-4-6-14-12(13)9-10-16(14)2/h4-6,9-11H,3,7-8H2,1-2H3. The number of rotatable bonds is 3. The van der Waals surface area contributed by atoms with Gasteiger partial charge in [0.15, 0.2) is 0 Å². The highest BCUT2D eigenvalue weighted by Crippen LogP contribution is 2.29. The number of hydrogen-bond donors (Lipinski definition) is 0. The third-order valence-electron chi connectivity index (χ3n) is 3.75. The van der Waals surface area contributed by atoms with Crippen LogP contribution in [0, 0.1) is 0 Å². The zero-order valence-corrected chi connectivity index (χ0v) is 10.9. The summed E-state index contributed by atoms with van der Waals surface area (Å²) >= 11 is 0. The van der Waals surface area contributed by atoms with Crippen LogP contribution in [-0.2, 0) is 7.05 Å². The van der Waals surface area contributed by atoms with E-state index in [2.05, 4.69) is 17.6 Å². The summed E-state index contributed by atoms with van der Waals surface area (Å²) in [4.78, 5) is 14.6. The van der Waals surface area contributed by atoms with Crippen molar-refractivity contribution in [3.05, 3.63) is 36.0 Å². The molecule has 0 spiro atoms. The highest BCUT2D eigenvalue weighted by atomic mass is 16.2. The van der Waals surface area contributed by atoms with Crippen LogP contribution in [0.25, 0.3) is 10.9 Å². The van der Waals surface area contributed by atoms with Gasteiger partial charge in [0.05, 0.1) is 0 Å². The van der Waals surface area contributed by atoms with Crippen LogP contribution < -0.4 is 0 Å². The van der Waals surface area contributed by atoms with Crippen molar-refractivity contribution < 1.29 is 4.79 Å². The first kappa shape index (κ1) is 11.3. The third-order valence-corrected chi connectivity index (χ3v) is 3.75. The number of aromatic nitrogens is 1. The molecule has 94 valence electrons. The topological polar surface area (TPSA) is 25.2 Å². The van der Waals surface area contributed by atoms with Crippen LogP contribution in [0.5, 0.6) is 0 Å². The number of nitrogens with zero attached hydrogens (tertiary/aromatic N) is 2. The summed E-state index contributed by atoms with van der Waals surface area (Å²) in [6, 6.07) is 8.47. The normalized spacial score (nSPS) is 15.0. The number of fused-ring (bicyclic) bond motifs is 1. The Morgan fingerprint density at radius 1 is 1.39 bits per heavy atom. The summed E-state index contributed by atoms with van der Waals surface area (Å²) in [5.41, 5.74) is 1.95. The van der Waals surface area contributed by atoms with E-state index >= 15 is 0 Å². The van der Waals surface area contributed by atoms with E-state index in [1.807, 2.05) is 36.3 Å². The summed E-state index contributed by atoms with van der Waals surface area (Å²) in [6.07, 6.45) is 4.32. The molecule has 1 aromatic carbocycles. The van der Waals surface area contributed by atoms with Gasteiger partial charge in [-0.25, -0.2) is 0 Å². The zero-order valence-electron chi connectivity index (χ0n) is 10.9. The van der Waals surface area contributed by atoms with E-state index in [0.717, 1.165) is 35.9 Å². The van der Waals surface area contributed by atoms with Crippen molar-refractivity contribution in [2.75, 3.05) is 6.54 Å². The minimum Gasteiger partial charge on any atom is -0.351 e. The fourth-order valence-electron chi connectivity index (χ4n) is 2.60. The first-order valence-corrected chi connectivity index (χ1v) is 6.57. The van der Waals surface area contributed by atoms with Crippen LogP contribution in [0.3, 0.4) is 0 Å². The SMILES string of the molecule is CCN(C(=O)c1cccc2c1ccn2C)C1CC1. The van der Waals surface area contributed by atoms with Crippen LogP contribution in [-0.4, -0.2) is 28.0 Å². The number of benzene rings is 1. The van der Waals surface area contributed by atoms with Crippen molar-refractivity contribution in [3.8, 4) is 0 Å². The fraction of sp³-hybridized carbons (Fsp3) is 0.400. The third kappa shape index (κ3) is 1.70. The maximum absolute atomic E-state index is 12.6. The molecule has 0 saturated heterocycles. The summed E-state index contributed by atoms with van der Waals surface area (Å²) in [5, 5.41) is 1.06. The molecule has 0 bridgehead atoms. The van der Waals surface area contributed by atoms with Crippen molar-refractivity contribution >= 4 is 16.8 Å². The second-order valence-corrected chi connectivity index (χ2v) is 4.99. The van der Waals surface area contributed by atoms with E-state index in [9.17, 15) is 4.79 Å². The van der Waals surface area contributed by atoms with Crippen LogP contribution in [0.2, 0.25) is 0 Å². The summed E-state index contributed by atoms with van der Waals surface area (Å²) in [6.45, 7) is 2.86. The van der Waals surface area contributed by atoms with Gasteiger partial charge < -0.3 is 9.47 Å². The first-order valence-electron chi connectivity index (χ1n) is 6.57. The highest BCUT2D eigenvalue weighted by Gasteiger charge is 2.32. The molecule has 18 heavy (non-hydrogen) atoms. The van der Waals surface area contributed by atoms with Gasteiger partial charge in [-0.15, -0.1) is 0 Å². The van der Waals surface area contributed by atoms with Gasteiger partial charge in [0.2, 0.25) is 0 Å². The molecule has 3 rings (SSSR count). The predicted octanol–water partition coefficient (Wildman–Crippen LogP) is 2.80. The Morgan fingerprint density at radius 3 is 2.83 bits per heavy atom. The van der Waals surface area contributed by atoms with Crippen LogP contribution in [0.1, 0.15) is 30.1 Å². The van der Waals surface area contributed by atoms with Crippen molar-refractivity contribution in [1.82, 2.24) is 9.47 Å². The minimum absolute atomic E-state index is 0.178. The molecule has 0 aliphatic heterocycles. The molecule has 0 atom stereocenters. The fourth-order valence-corrected chi connectivity index (χ4v) is 2.60. The van der Waals surface area contributed by atoms with Gasteiger partial charge in [-0.2, -0.15) is 0 Å². The average molecular weight is 242 g/mol. The van der Waals surface area contributed by atoms with Crippen LogP contribution >= 0.6 is 0 Å². The second kappa shape index (κ2) is 4.16. The Morgan fingerprint density at radius 2 is 2.17 bits per heavy atom. The van der Waals surface area contributed by atoms with E-state index in [0.29, 0.717) is 6.04 Å². The van der Waals surface area contributed by atoms with E-state index in [1.165, 1.54) is 0 Å². The lowest BCUT2D eigenvalue weighted by molar-refractivity contribution is 0.0754. The Labute approximate surface area is 107 Å². The molecular weight excluding hydrogens is 224 g/mol. The van der Waals surface area contributed by atoms with Crippen molar-refractivity contribution in [2.24, 2.45) is 7.05 Å².